The van der Waals surface area contributed by atoms with Crippen LogP contribution in [-0.2, 0) is 25.5 Å². The van der Waals surface area contributed by atoms with Gasteiger partial charge in [-0.15, -0.1) is 18.3 Å². The number of nitrogens with one attached hydrogen (secondary N) is 1. The van der Waals surface area contributed by atoms with Crippen LogP contribution in [0.2, 0.25) is 0 Å². The van der Waals surface area contributed by atoms with E-state index in [0.29, 0.717) is 64.6 Å². The predicted octanol–water partition coefficient (Wildman–Crippen LogP) is 8.75. The number of hydrogen-bond donors (Lipinski definition) is 2. The number of phenols is 1. The molecule has 0 spiro atoms. The molecular formula is C49H66N4O9S. The van der Waals surface area contributed by atoms with E-state index in [1.807, 2.05) is 26.0 Å². The number of unbranched alkanes of at least 4 members (excludes halogenated alkanes) is 12. The molecule has 2 N–H and O–H groups in total. The van der Waals surface area contributed by atoms with Crippen LogP contribution in [-0.4, -0.2) is 89.7 Å². The molecule has 5 aliphatic rings. The molecule has 7 rings (SSSR count). The van der Waals surface area contributed by atoms with E-state index in [1.54, 1.807) is 0 Å². The van der Waals surface area contributed by atoms with Crippen LogP contribution in [0.3, 0.4) is 0 Å². The first-order chi connectivity index (χ1) is 30.6. The fourth-order valence-electron chi connectivity index (χ4n) is 10.9. The number of aryl methyl sites for hydroxylation is 1. The van der Waals surface area contributed by atoms with Gasteiger partial charge in [0, 0.05) is 60.0 Å². The smallest absolute Gasteiger partial charge is 0.329 e. The number of phenolic OH excluding ortho intramolecular Hbond substituents is 1. The van der Waals surface area contributed by atoms with E-state index in [4.69, 9.17) is 23.7 Å². The number of hydrogen-bond acceptors (Lipinski definition) is 13. The molecule has 1 amide bonds. The lowest BCUT2D eigenvalue weighted by atomic mass is 9.71. The van der Waals surface area contributed by atoms with Gasteiger partial charge in [-0.3, -0.25) is 19.4 Å². The van der Waals surface area contributed by atoms with Gasteiger partial charge >= 0.3 is 11.9 Å². The quantitative estimate of drug-likeness (QED) is 0.0597. The van der Waals surface area contributed by atoms with Gasteiger partial charge in [0.25, 0.3) is 0 Å². The summed E-state index contributed by atoms with van der Waals surface area (Å²) < 4.78 is 30.3. The highest BCUT2D eigenvalue weighted by Gasteiger charge is 2.61. The van der Waals surface area contributed by atoms with Crippen LogP contribution in [0.15, 0.2) is 18.7 Å². The molecule has 2 unspecified atom stereocenters. The zero-order valence-corrected chi connectivity index (χ0v) is 38.6. The van der Waals surface area contributed by atoms with Crippen molar-refractivity contribution in [3.8, 4) is 34.8 Å². The second-order valence-corrected chi connectivity index (χ2v) is 19.0. The highest BCUT2D eigenvalue weighted by molar-refractivity contribution is 7.99. The lowest BCUT2D eigenvalue weighted by Crippen LogP contribution is -2.70. The molecule has 7 atom stereocenters. The Hall–Kier alpha value is -4.45. The van der Waals surface area contributed by atoms with Gasteiger partial charge in [-0.05, 0) is 37.8 Å². The van der Waals surface area contributed by atoms with Crippen molar-refractivity contribution in [1.82, 2.24) is 15.1 Å². The molecule has 0 radical (unpaired) electrons. The molecule has 2 saturated heterocycles. The Kier molecular flexibility index (Phi) is 15.5. The summed E-state index contributed by atoms with van der Waals surface area (Å²) >= 11 is 1.43. The summed E-state index contributed by atoms with van der Waals surface area (Å²) in [6, 6.07) is 0.858. The number of nitrogens with zero attached hydrogens (tertiary/aromatic N) is 3. The molecular weight excluding hydrogens is 821 g/mol. The summed E-state index contributed by atoms with van der Waals surface area (Å²) in [6.07, 6.45) is 18.2. The summed E-state index contributed by atoms with van der Waals surface area (Å²) in [5.74, 6) is 0.459. The average molecular weight is 887 g/mol. The molecule has 63 heavy (non-hydrogen) atoms. The third kappa shape index (κ3) is 9.39. The zero-order chi connectivity index (χ0) is 44.8. The van der Waals surface area contributed by atoms with Gasteiger partial charge in [0.05, 0.1) is 30.5 Å². The van der Waals surface area contributed by atoms with Crippen molar-refractivity contribution in [3.63, 3.8) is 0 Å². The van der Waals surface area contributed by atoms with Crippen molar-refractivity contribution in [2.24, 2.45) is 0 Å². The van der Waals surface area contributed by atoms with E-state index in [-0.39, 0.29) is 36.9 Å². The van der Waals surface area contributed by atoms with E-state index in [9.17, 15) is 24.8 Å². The van der Waals surface area contributed by atoms with E-state index < -0.39 is 47.4 Å². The fraction of sp³-hybridized carbons (Fsp3) is 0.633. The van der Waals surface area contributed by atoms with E-state index in [2.05, 4.69) is 34.7 Å². The molecule has 0 aromatic heterocycles. The molecule has 5 aliphatic heterocycles. The number of carbonyl (C=O) groups is 3. The summed E-state index contributed by atoms with van der Waals surface area (Å²) in [7, 11) is 1.54. The van der Waals surface area contributed by atoms with E-state index in [0.717, 1.165) is 36.8 Å². The zero-order valence-electron chi connectivity index (χ0n) is 37.8. The van der Waals surface area contributed by atoms with Gasteiger partial charge in [0.2, 0.25) is 12.7 Å². The number of methoxy groups -OCH3 is 1. The summed E-state index contributed by atoms with van der Waals surface area (Å²) in [5, 5.41) is 25.8. The number of benzene rings is 2. The predicted molar refractivity (Wildman–Crippen MR) is 241 cm³/mol. The number of thioether (sulfide) groups is 1. The third-order valence-electron chi connectivity index (χ3n) is 13.7. The van der Waals surface area contributed by atoms with Crippen LogP contribution in [0.1, 0.15) is 154 Å². The first kappa shape index (κ1) is 46.5. The molecule has 4 bridgehead atoms. The second-order valence-electron chi connectivity index (χ2n) is 17.8. The highest BCUT2D eigenvalue weighted by Crippen LogP contribution is 2.64. The first-order valence-electron chi connectivity index (χ1n) is 23.2. The van der Waals surface area contributed by atoms with Gasteiger partial charge in [-0.2, -0.15) is 5.26 Å². The van der Waals surface area contributed by atoms with Gasteiger partial charge < -0.3 is 34.1 Å². The van der Waals surface area contributed by atoms with Crippen LogP contribution in [0.25, 0.3) is 0 Å². The highest BCUT2D eigenvalue weighted by atomic mass is 32.2. The van der Waals surface area contributed by atoms with Crippen molar-refractivity contribution in [1.29, 1.82) is 5.26 Å². The van der Waals surface area contributed by atoms with Crippen molar-refractivity contribution >= 4 is 29.6 Å². The minimum atomic E-state index is -0.963. The van der Waals surface area contributed by atoms with Crippen LogP contribution >= 0.6 is 11.8 Å². The Morgan fingerprint density at radius 1 is 0.984 bits per heavy atom. The van der Waals surface area contributed by atoms with E-state index >= 15 is 0 Å². The Bertz CT molecular complexity index is 2070. The number of fused-ring (bicyclic) bond motifs is 9. The Morgan fingerprint density at radius 2 is 1.65 bits per heavy atom. The number of cyclic esters (lactones) is 1. The Labute approximate surface area is 377 Å². The maximum atomic E-state index is 14.1. The number of rotatable bonds is 19. The fourth-order valence-corrected chi connectivity index (χ4v) is 12.4. The van der Waals surface area contributed by atoms with Gasteiger partial charge in [-0.25, -0.2) is 4.79 Å². The maximum Gasteiger partial charge on any atom is 0.329 e. The van der Waals surface area contributed by atoms with Gasteiger partial charge in [-0.1, -0.05) is 96.1 Å². The van der Waals surface area contributed by atoms with Crippen molar-refractivity contribution in [3.05, 3.63) is 52.1 Å². The number of amides is 1. The lowest BCUT2D eigenvalue weighted by Gasteiger charge is -2.62. The average Bonchev–Trinajstić information content (AvgIpc) is 3.75. The van der Waals surface area contributed by atoms with Crippen molar-refractivity contribution < 1.29 is 43.2 Å². The summed E-state index contributed by atoms with van der Waals surface area (Å²) in [4.78, 5) is 44.9. The number of carbonyl (C=O) groups excluding carboxylic acids is 3. The third-order valence-corrected chi connectivity index (χ3v) is 15.1. The molecule has 0 aliphatic carbocycles. The summed E-state index contributed by atoms with van der Waals surface area (Å²) in [6.45, 7) is 11.6. The number of ether oxygens (including phenoxy) is 5. The van der Waals surface area contributed by atoms with Gasteiger partial charge in [0.1, 0.15) is 24.4 Å². The molecule has 2 aromatic carbocycles. The number of esters is 2. The van der Waals surface area contributed by atoms with Gasteiger partial charge in [0.15, 0.2) is 23.0 Å². The summed E-state index contributed by atoms with van der Waals surface area (Å²) in [5.41, 5.74) is 4.30. The van der Waals surface area contributed by atoms with Crippen LogP contribution in [0.5, 0.6) is 28.7 Å². The standard InChI is InChI=1S/C49H66N4O9S/c1-7-9-10-11-12-13-14-15-16-17-18-19-20-21-37(55)51-33-27-63-48-40-39(47-46(60-28-61-47)30(4)45(40)62-31(5)54)36(26-59-49(33)57)53-35(25-50)34-24-32-23-29(3)44(58-6)43(56)38(32)41(42(48)53)52(34)22-8-2/h8,23,33-36,41-42,48,56H,2,7,9-22,24,26-28H2,1,3-6H3,(H,51,55)/t33?,34-,35+,36-,41+,42?,48-/m1/s1. The van der Waals surface area contributed by atoms with Crippen LogP contribution < -0.4 is 24.3 Å². The number of aromatic hydroxyl groups is 1. The molecule has 2 aromatic rings. The second kappa shape index (κ2) is 21.0. The Balaban J connectivity index is 1.19. The lowest BCUT2D eigenvalue weighted by molar-refractivity contribution is -0.153. The van der Waals surface area contributed by atoms with Crippen molar-refractivity contribution in [2.75, 3.05) is 32.8 Å². The molecule has 342 valence electrons. The normalized spacial score (nSPS) is 24.6. The van der Waals surface area contributed by atoms with Crippen LogP contribution in [0, 0.1) is 25.2 Å². The van der Waals surface area contributed by atoms with E-state index in [1.165, 1.54) is 83.6 Å². The monoisotopic (exact) mass is 886 g/mol. The maximum absolute atomic E-state index is 14.1. The first-order valence-corrected chi connectivity index (χ1v) is 24.3. The van der Waals surface area contributed by atoms with Crippen molar-refractivity contribution in [2.45, 2.75) is 166 Å². The van der Waals surface area contributed by atoms with Crippen LogP contribution in [0.4, 0.5) is 0 Å². The minimum Gasteiger partial charge on any atom is -0.504 e. The minimum absolute atomic E-state index is 0.0328. The molecule has 14 heteroatoms. The topological polar surface area (TPSA) is 160 Å². The molecule has 2 fully saturated rings. The molecule has 5 heterocycles. The Morgan fingerprint density at radius 3 is 2.29 bits per heavy atom. The SMILES string of the molecule is C=CCN1[C@@H]2Cc3cc(C)c(OC)c(O)c3[C@H]1C1[C@@H]3SCC(NC(=O)CCCCCCCCCCCCCCC)C(=O)OC[C@H](c4c5c(c(C)c(OC(C)=O)c43)OCO5)N1[C@H]2C#N. The largest absolute Gasteiger partial charge is 0.504 e. The molecule has 13 nitrogen and oxygen atoms in total. The number of piperazine rings is 1. The molecule has 0 saturated carbocycles. The number of nitriles is 1.